The van der Waals surface area contributed by atoms with Crippen LogP contribution in [0.5, 0.6) is 0 Å². The smallest absolute Gasteiger partial charge is 0.308 e. The van der Waals surface area contributed by atoms with Crippen LogP contribution in [-0.4, -0.2) is 46.4 Å². The van der Waals surface area contributed by atoms with E-state index in [2.05, 4.69) is 20.4 Å². The number of nitrogens with zero attached hydrogens (tertiary/aromatic N) is 5. The number of rotatable bonds is 3. The zero-order chi connectivity index (χ0) is 14.7. The summed E-state index contributed by atoms with van der Waals surface area (Å²) in [6, 6.07) is 9.77. The lowest BCUT2D eigenvalue weighted by Gasteiger charge is -2.30. The Balaban J connectivity index is 1.75. The Labute approximate surface area is 122 Å². The van der Waals surface area contributed by atoms with E-state index in [0.717, 1.165) is 31.6 Å². The van der Waals surface area contributed by atoms with Crippen molar-refractivity contribution in [2.24, 2.45) is 5.92 Å². The number of hydrogen-bond donors (Lipinski definition) is 0. The first-order chi connectivity index (χ1) is 10.3. The topological polar surface area (TPSA) is 73.1 Å². The van der Waals surface area contributed by atoms with Gasteiger partial charge in [0.2, 0.25) is 5.95 Å². The monoisotopic (exact) mass is 287 g/mol. The highest BCUT2D eigenvalue weighted by Crippen LogP contribution is 2.23. The van der Waals surface area contributed by atoms with Crippen molar-refractivity contribution in [3.8, 4) is 5.69 Å². The van der Waals surface area contributed by atoms with Crippen molar-refractivity contribution in [1.29, 1.82) is 0 Å². The van der Waals surface area contributed by atoms with Crippen molar-refractivity contribution in [1.82, 2.24) is 20.2 Å². The zero-order valence-corrected chi connectivity index (χ0v) is 11.8. The third-order valence-corrected chi connectivity index (χ3v) is 3.77. The van der Waals surface area contributed by atoms with Crippen LogP contribution in [0.15, 0.2) is 30.3 Å². The summed E-state index contributed by atoms with van der Waals surface area (Å²) in [6.45, 7) is 1.49. The van der Waals surface area contributed by atoms with Crippen LogP contribution in [0.25, 0.3) is 5.69 Å². The molecule has 0 N–H and O–H groups in total. The van der Waals surface area contributed by atoms with E-state index in [9.17, 15) is 4.79 Å². The van der Waals surface area contributed by atoms with E-state index in [-0.39, 0.29) is 11.9 Å². The molecule has 3 rings (SSSR count). The molecule has 0 amide bonds. The van der Waals surface area contributed by atoms with E-state index in [1.807, 2.05) is 30.3 Å². The van der Waals surface area contributed by atoms with Crippen LogP contribution in [-0.2, 0) is 9.53 Å². The van der Waals surface area contributed by atoms with Gasteiger partial charge in [0.05, 0.1) is 18.7 Å². The standard InChI is InChI=1S/C14H17N5O2/c1-21-13(20)11-7-9-18(10-8-11)14-15-16-17-19(14)12-5-3-2-4-6-12/h2-6,11H,7-10H2,1H3. The molecule has 7 nitrogen and oxygen atoms in total. The number of esters is 1. The lowest BCUT2D eigenvalue weighted by Crippen LogP contribution is -2.38. The maximum absolute atomic E-state index is 11.6. The van der Waals surface area contributed by atoms with Crippen LogP contribution in [0.2, 0.25) is 0 Å². The minimum atomic E-state index is -0.127. The van der Waals surface area contributed by atoms with Gasteiger partial charge in [-0.05, 0) is 35.4 Å². The van der Waals surface area contributed by atoms with E-state index >= 15 is 0 Å². The number of anilines is 1. The van der Waals surface area contributed by atoms with Crippen LogP contribution in [0.1, 0.15) is 12.8 Å². The summed E-state index contributed by atoms with van der Waals surface area (Å²) in [5.41, 5.74) is 0.924. The zero-order valence-electron chi connectivity index (χ0n) is 11.8. The van der Waals surface area contributed by atoms with Crippen LogP contribution < -0.4 is 4.90 Å². The summed E-state index contributed by atoms with van der Waals surface area (Å²) in [7, 11) is 1.44. The molecule has 21 heavy (non-hydrogen) atoms. The van der Waals surface area contributed by atoms with Crippen LogP contribution in [0.3, 0.4) is 0 Å². The molecule has 0 bridgehead atoms. The molecule has 1 aliphatic rings. The molecule has 1 fully saturated rings. The second-order valence-electron chi connectivity index (χ2n) is 5.01. The highest BCUT2D eigenvalue weighted by atomic mass is 16.5. The predicted molar refractivity (Wildman–Crippen MR) is 76.1 cm³/mol. The molecule has 1 aliphatic heterocycles. The second-order valence-corrected chi connectivity index (χ2v) is 5.01. The number of benzene rings is 1. The first-order valence-electron chi connectivity index (χ1n) is 6.96. The van der Waals surface area contributed by atoms with Gasteiger partial charge in [0.25, 0.3) is 0 Å². The number of hydrogen-bond acceptors (Lipinski definition) is 6. The van der Waals surface area contributed by atoms with Crippen LogP contribution in [0, 0.1) is 5.92 Å². The number of carbonyl (C=O) groups excluding carboxylic acids is 1. The Morgan fingerprint density at radius 2 is 1.95 bits per heavy atom. The number of ether oxygens (including phenoxy) is 1. The molecule has 0 aliphatic carbocycles. The van der Waals surface area contributed by atoms with Gasteiger partial charge in [-0.25, -0.2) is 0 Å². The highest BCUT2D eigenvalue weighted by Gasteiger charge is 2.28. The number of para-hydroxylation sites is 1. The molecule has 0 atom stereocenters. The molecule has 7 heteroatoms. The fraction of sp³-hybridized carbons (Fsp3) is 0.429. The Morgan fingerprint density at radius 3 is 2.62 bits per heavy atom. The molecule has 1 saturated heterocycles. The molecule has 0 unspecified atom stereocenters. The van der Waals surface area contributed by atoms with Gasteiger partial charge in [0.15, 0.2) is 0 Å². The lowest BCUT2D eigenvalue weighted by atomic mass is 9.97. The average Bonchev–Trinajstić information content (AvgIpc) is 3.04. The molecule has 2 heterocycles. The Hall–Kier alpha value is -2.44. The fourth-order valence-corrected chi connectivity index (χ4v) is 2.60. The van der Waals surface area contributed by atoms with E-state index in [1.54, 1.807) is 4.68 Å². The number of carbonyl (C=O) groups is 1. The molecular weight excluding hydrogens is 270 g/mol. The van der Waals surface area contributed by atoms with Gasteiger partial charge >= 0.3 is 5.97 Å². The van der Waals surface area contributed by atoms with Gasteiger partial charge in [-0.3, -0.25) is 4.79 Å². The van der Waals surface area contributed by atoms with Crippen molar-refractivity contribution in [3.05, 3.63) is 30.3 Å². The highest BCUT2D eigenvalue weighted by molar-refractivity contribution is 5.72. The average molecular weight is 287 g/mol. The van der Waals surface area contributed by atoms with E-state index in [1.165, 1.54) is 7.11 Å². The van der Waals surface area contributed by atoms with E-state index < -0.39 is 0 Å². The van der Waals surface area contributed by atoms with Gasteiger partial charge in [-0.15, -0.1) is 0 Å². The molecule has 2 aromatic rings. The largest absolute Gasteiger partial charge is 0.469 e. The molecule has 0 saturated carbocycles. The number of aromatic nitrogens is 4. The first-order valence-corrected chi connectivity index (χ1v) is 6.96. The third kappa shape index (κ3) is 2.72. The summed E-state index contributed by atoms with van der Waals surface area (Å²) in [6.07, 6.45) is 1.52. The molecule has 110 valence electrons. The summed E-state index contributed by atoms with van der Waals surface area (Å²) in [5.74, 6) is 0.564. The normalized spacial score (nSPS) is 16.0. The predicted octanol–water partition coefficient (Wildman–Crippen LogP) is 1.05. The maximum atomic E-state index is 11.6. The lowest BCUT2D eigenvalue weighted by molar-refractivity contribution is -0.146. The molecule has 0 radical (unpaired) electrons. The van der Waals surface area contributed by atoms with Crippen molar-refractivity contribution in [2.75, 3.05) is 25.1 Å². The van der Waals surface area contributed by atoms with Gasteiger partial charge in [-0.1, -0.05) is 23.3 Å². The minimum absolute atomic E-state index is 0.0210. The maximum Gasteiger partial charge on any atom is 0.308 e. The van der Waals surface area contributed by atoms with Gasteiger partial charge in [0, 0.05) is 13.1 Å². The summed E-state index contributed by atoms with van der Waals surface area (Å²) in [5, 5.41) is 11.9. The second kappa shape index (κ2) is 5.90. The third-order valence-electron chi connectivity index (χ3n) is 3.77. The number of methoxy groups -OCH3 is 1. The number of piperidine rings is 1. The Morgan fingerprint density at radius 1 is 1.24 bits per heavy atom. The van der Waals surface area contributed by atoms with Gasteiger partial charge in [0.1, 0.15) is 0 Å². The SMILES string of the molecule is COC(=O)C1CCN(c2nnnn2-c2ccccc2)CC1. The van der Waals surface area contributed by atoms with E-state index in [4.69, 9.17) is 4.74 Å². The molecular formula is C14H17N5O2. The summed E-state index contributed by atoms with van der Waals surface area (Å²) >= 11 is 0. The first kappa shape index (κ1) is 13.5. The van der Waals surface area contributed by atoms with E-state index in [0.29, 0.717) is 5.95 Å². The summed E-state index contributed by atoms with van der Waals surface area (Å²) in [4.78, 5) is 13.7. The van der Waals surface area contributed by atoms with Crippen LogP contribution >= 0.6 is 0 Å². The Kier molecular flexibility index (Phi) is 3.81. The number of tetrazole rings is 1. The van der Waals surface area contributed by atoms with Crippen molar-refractivity contribution in [2.45, 2.75) is 12.8 Å². The quantitative estimate of drug-likeness (QED) is 0.786. The molecule has 1 aromatic heterocycles. The van der Waals surface area contributed by atoms with Crippen molar-refractivity contribution >= 4 is 11.9 Å². The summed E-state index contributed by atoms with van der Waals surface area (Å²) < 4.78 is 6.53. The van der Waals surface area contributed by atoms with Crippen molar-refractivity contribution < 1.29 is 9.53 Å². The van der Waals surface area contributed by atoms with Gasteiger partial charge in [-0.2, -0.15) is 4.68 Å². The fourth-order valence-electron chi connectivity index (χ4n) is 2.60. The molecule has 1 aromatic carbocycles. The van der Waals surface area contributed by atoms with Crippen molar-refractivity contribution in [3.63, 3.8) is 0 Å². The van der Waals surface area contributed by atoms with Crippen LogP contribution in [0.4, 0.5) is 5.95 Å². The Bertz CT molecular complexity index is 605. The molecule has 0 spiro atoms. The minimum Gasteiger partial charge on any atom is -0.469 e. The van der Waals surface area contributed by atoms with Gasteiger partial charge < -0.3 is 9.64 Å².